The number of carbonyl (C=O) groups excluding carboxylic acids is 1. The molecule has 0 saturated carbocycles. The van der Waals surface area contributed by atoms with Gasteiger partial charge in [-0.2, -0.15) is 5.26 Å². The number of nitriles is 1. The molecule has 0 aliphatic heterocycles. The summed E-state index contributed by atoms with van der Waals surface area (Å²) in [5.41, 5.74) is -0.429. The Balaban J connectivity index is 4.19. The van der Waals surface area contributed by atoms with Crippen molar-refractivity contribution >= 4 is 5.97 Å². The molecule has 0 spiro atoms. The molecule has 0 aliphatic carbocycles. The Hall–Kier alpha value is -1.08. The van der Waals surface area contributed by atoms with Gasteiger partial charge in [-0.3, -0.25) is 4.79 Å². The van der Waals surface area contributed by atoms with Gasteiger partial charge in [0.05, 0.1) is 12.1 Å². The molecular formula is C14H26N2O2. The third-order valence-corrected chi connectivity index (χ3v) is 2.48. The van der Waals surface area contributed by atoms with E-state index in [4.69, 9.17) is 10.00 Å². The summed E-state index contributed by atoms with van der Waals surface area (Å²) in [6.07, 6.45) is 2.40. The molecule has 2 atom stereocenters. The van der Waals surface area contributed by atoms with Gasteiger partial charge in [0.15, 0.2) is 0 Å². The minimum Gasteiger partial charge on any atom is -0.460 e. The summed E-state index contributed by atoms with van der Waals surface area (Å²) in [6.45, 7) is 10.2. The summed E-state index contributed by atoms with van der Waals surface area (Å²) in [7, 11) is 0. The number of carbonyl (C=O) groups is 1. The fourth-order valence-electron chi connectivity index (χ4n) is 1.69. The molecule has 0 rings (SSSR count). The zero-order chi connectivity index (χ0) is 14.2. The van der Waals surface area contributed by atoms with Crippen LogP contribution in [0.1, 0.15) is 53.9 Å². The summed E-state index contributed by atoms with van der Waals surface area (Å²) in [4.78, 5) is 11.7. The van der Waals surface area contributed by atoms with Crippen molar-refractivity contribution in [2.24, 2.45) is 5.92 Å². The van der Waals surface area contributed by atoms with Gasteiger partial charge in [0.25, 0.3) is 0 Å². The highest BCUT2D eigenvalue weighted by Gasteiger charge is 2.20. The van der Waals surface area contributed by atoms with Crippen molar-refractivity contribution in [3.05, 3.63) is 0 Å². The van der Waals surface area contributed by atoms with E-state index in [9.17, 15) is 4.79 Å². The number of esters is 1. The summed E-state index contributed by atoms with van der Waals surface area (Å²) < 4.78 is 5.32. The molecular weight excluding hydrogens is 228 g/mol. The van der Waals surface area contributed by atoms with E-state index >= 15 is 0 Å². The number of nitrogens with one attached hydrogen (secondary N) is 1. The van der Waals surface area contributed by atoms with Crippen molar-refractivity contribution in [3.63, 3.8) is 0 Å². The molecule has 0 heterocycles. The number of nitrogens with zero attached hydrogens (tertiary/aromatic N) is 1. The van der Waals surface area contributed by atoms with Crippen molar-refractivity contribution < 1.29 is 9.53 Å². The maximum Gasteiger partial charge on any atom is 0.306 e. The van der Waals surface area contributed by atoms with Gasteiger partial charge in [0.2, 0.25) is 0 Å². The van der Waals surface area contributed by atoms with Crippen molar-refractivity contribution in [3.8, 4) is 6.07 Å². The molecule has 0 unspecified atom stereocenters. The Labute approximate surface area is 111 Å². The molecule has 0 amide bonds. The van der Waals surface area contributed by atoms with Gasteiger partial charge in [-0.05, 0) is 46.6 Å². The minimum absolute atomic E-state index is 0.160. The molecule has 0 aromatic heterocycles. The highest BCUT2D eigenvalue weighted by molar-refractivity contribution is 5.70. The first kappa shape index (κ1) is 16.9. The SMILES string of the molecule is CCC[C@@H](CN[C@@H](C)C#N)CC(=O)OC(C)(C)C. The normalized spacial score (nSPS) is 14.7. The molecule has 4 heteroatoms. The monoisotopic (exact) mass is 254 g/mol. The standard InChI is InChI=1S/C14H26N2O2/c1-6-7-12(10-16-11(2)9-15)8-13(17)18-14(3,4)5/h11-12,16H,6-8,10H2,1-5H3/t11-,12+/m0/s1. The van der Waals surface area contributed by atoms with E-state index in [1.165, 1.54) is 0 Å². The van der Waals surface area contributed by atoms with Crippen molar-refractivity contribution in [1.82, 2.24) is 5.32 Å². The molecule has 0 aromatic rings. The van der Waals surface area contributed by atoms with Crippen LogP contribution in [0, 0.1) is 17.2 Å². The Kier molecular flexibility index (Phi) is 7.61. The van der Waals surface area contributed by atoms with Crippen molar-refractivity contribution in [2.75, 3.05) is 6.54 Å². The second-order valence-electron chi connectivity index (χ2n) is 5.70. The zero-order valence-corrected chi connectivity index (χ0v) is 12.2. The quantitative estimate of drug-likeness (QED) is 0.709. The molecule has 104 valence electrons. The second kappa shape index (κ2) is 8.10. The van der Waals surface area contributed by atoms with Crippen LogP contribution in [0.3, 0.4) is 0 Å². The smallest absolute Gasteiger partial charge is 0.306 e. The molecule has 0 bridgehead atoms. The molecule has 0 saturated heterocycles. The average Bonchev–Trinajstić information content (AvgIpc) is 2.23. The Morgan fingerprint density at radius 3 is 2.50 bits per heavy atom. The van der Waals surface area contributed by atoms with Gasteiger partial charge in [-0.1, -0.05) is 13.3 Å². The largest absolute Gasteiger partial charge is 0.460 e. The van der Waals surface area contributed by atoms with Crippen LogP contribution < -0.4 is 5.32 Å². The maximum absolute atomic E-state index is 11.7. The number of hydrogen-bond acceptors (Lipinski definition) is 4. The van der Waals surface area contributed by atoms with Crippen LogP contribution in [-0.4, -0.2) is 24.2 Å². The lowest BCUT2D eigenvalue weighted by atomic mass is 9.99. The molecule has 0 fully saturated rings. The zero-order valence-electron chi connectivity index (χ0n) is 12.2. The molecule has 0 radical (unpaired) electrons. The number of rotatable bonds is 7. The lowest BCUT2D eigenvalue weighted by Crippen LogP contribution is -2.32. The summed E-state index contributed by atoms with van der Waals surface area (Å²) in [5.74, 6) is 0.0769. The molecule has 0 aliphatic rings. The lowest BCUT2D eigenvalue weighted by Gasteiger charge is -2.22. The van der Waals surface area contributed by atoms with Crippen LogP contribution >= 0.6 is 0 Å². The molecule has 1 N–H and O–H groups in total. The van der Waals surface area contributed by atoms with E-state index in [1.54, 1.807) is 0 Å². The maximum atomic E-state index is 11.7. The van der Waals surface area contributed by atoms with Crippen molar-refractivity contribution in [1.29, 1.82) is 5.26 Å². The topological polar surface area (TPSA) is 62.1 Å². The van der Waals surface area contributed by atoms with Crippen LogP contribution in [0.25, 0.3) is 0 Å². The van der Waals surface area contributed by atoms with E-state index in [-0.39, 0.29) is 17.9 Å². The van der Waals surface area contributed by atoms with Gasteiger partial charge in [0.1, 0.15) is 5.60 Å². The fraction of sp³-hybridized carbons (Fsp3) is 0.857. The Morgan fingerprint density at radius 2 is 2.06 bits per heavy atom. The van der Waals surface area contributed by atoms with Crippen molar-refractivity contribution in [2.45, 2.75) is 65.5 Å². The number of hydrogen-bond donors (Lipinski definition) is 1. The first-order chi connectivity index (χ1) is 8.28. The molecule has 0 aromatic carbocycles. The van der Waals surface area contributed by atoms with Crippen LogP contribution in [-0.2, 0) is 9.53 Å². The Morgan fingerprint density at radius 1 is 1.44 bits per heavy atom. The summed E-state index contributed by atoms with van der Waals surface area (Å²) in [6, 6.07) is 1.95. The molecule has 4 nitrogen and oxygen atoms in total. The van der Waals surface area contributed by atoms with Crippen LogP contribution in [0.15, 0.2) is 0 Å². The Bertz CT molecular complexity index is 289. The highest BCUT2D eigenvalue weighted by Crippen LogP contribution is 2.15. The summed E-state index contributed by atoms with van der Waals surface area (Å²) in [5, 5.41) is 11.8. The predicted molar refractivity (Wildman–Crippen MR) is 71.9 cm³/mol. The first-order valence-electron chi connectivity index (χ1n) is 6.63. The fourth-order valence-corrected chi connectivity index (χ4v) is 1.69. The second-order valence-corrected chi connectivity index (χ2v) is 5.70. The van der Waals surface area contributed by atoms with E-state index in [0.717, 1.165) is 12.8 Å². The van der Waals surface area contributed by atoms with Crippen LogP contribution in [0.4, 0.5) is 0 Å². The van der Waals surface area contributed by atoms with Gasteiger partial charge in [-0.15, -0.1) is 0 Å². The lowest BCUT2D eigenvalue weighted by molar-refractivity contribution is -0.156. The first-order valence-corrected chi connectivity index (χ1v) is 6.63. The predicted octanol–water partition coefficient (Wildman–Crippen LogP) is 2.64. The summed E-state index contributed by atoms with van der Waals surface area (Å²) >= 11 is 0. The van der Waals surface area contributed by atoms with Gasteiger partial charge >= 0.3 is 5.97 Å². The van der Waals surface area contributed by atoms with E-state index in [2.05, 4.69) is 18.3 Å². The average molecular weight is 254 g/mol. The minimum atomic E-state index is -0.429. The van der Waals surface area contributed by atoms with Crippen LogP contribution in [0.2, 0.25) is 0 Å². The van der Waals surface area contributed by atoms with Crippen LogP contribution in [0.5, 0.6) is 0 Å². The third kappa shape index (κ3) is 9.00. The van der Waals surface area contributed by atoms with E-state index in [0.29, 0.717) is 13.0 Å². The molecule has 18 heavy (non-hydrogen) atoms. The highest BCUT2D eigenvalue weighted by atomic mass is 16.6. The third-order valence-electron chi connectivity index (χ3n) is 2.48. The van der Waals surface area contributed by atoms with Gasteiger partial charge in [0, 0.05) is 6.42 Å². The number of ether oxygens (including phenoxy) is 1. The van der Waals surface area contributed by atoms with E-state index in [1.807, 2.05) is 27.7 Å². The van der Waals surface area contributed by atoms with E-state index < -0.39 is 5.60 Å². The van der Waals surface area contributed by atoms with Gasteiger partial charge in [-0.25, -0.2) is 0 Å². The van der Waals surface area contributed by atoms with Gasteiger partial charge < -0.3 is 10.1 Å².